The fourth-order valence-corrected chi connectivity index (χ4v) is 5.14. The Balaban J connectivity index is 1.46. The molecule has 0 aliphatic rings. The van der Waals surface area contributed by atoms with E-state index in [0.717, 1.165) is 0 Å². The van der Waals surface area contributed by atoms with Gasteiger partial charge in [0.2, 0.25) is 0 Å². The summed E-state index contributed by atoms with van der Waals surface area (Å²) in [6, 6.07) is 16.0. The normalized spacial score (nSPS) is 11.4. The average molecular weight is 493 g/mol. The summed E-state index contributed by atoms with van der Waals surface area (Å²) in [5.41, 5.74) is 1.22. The maximum atomic E-state index is 12.5. The van der Waals surface area contributed by atoms with Gasteiger partial charge in [0, 0.05) is 16.0 Å². The van der Waals surface area contributed by atoms with Crippen LogP contribution in [0.3, 0.4) is 0 Å². The van der Waals surface area contributed by atoms with Crippen molar-refractivity contribution in [1.82, 2.24) is 4.98 Å². The molecule has 6 nitrogen and oxygen atoms in total. The predicted octanol–water partition coefficient (Wildman–Crippen LogP) is 5.94. The highest BCUT2D eigenvalue weighted by Crippen LogP contribution is 2.32. The molecule has 158 valence electrons. The second-order valence-electron chi connectivity index (χ2n) is 6.45. The Hall–Kier alpha value is -2.65. The molecule has 0 fully saturated rings. The molecule has 31 heavy (non-hydrogen) atoms. The second kappa shape index (κ2) is 8.84. The molecule has 4 aromatic rings. The zero-order valence-corrected chi connectivity index (χ0v) is 18.9. The Bertz CT molecular complexity index is 1350. The van der Waals surface area contributed by atoms with Gasteiger partial charge in [-0.15, -0.1) is 11.3 Å². The van der Waals surface area contributed by atoms with E-state index >= 15 is 0 Å². The standard InChI is InChI=1S/C21H14Cl2N2O4S2/c22-13-6-8-17(23)16(10-13)18-11-30-21(24-18)25-20(26)19-9-7-14(29-19)12-31(27,28)15-4-2-1-3-5-15/h1-11H,12H2,(H,24,25,26). The first-order chi connectivity index (χ1) is 14.8. The maximum Gasteiger partial charge on any atom is 0.293 e. The molecule has 2 heterocycles. The zero-order chi connectivity index (χ0) is 22.0. The van der Waals surface area contributed by atoms with Crippen molar-refractivity contribution in [3.63, 3.8) is 0 Å². The van der Waals surface area contributed by atoms with Crippen LogP contribution in [-0.2, 0) is 15.6 Å². The highest BCUT2D eigenvalue weighted by molar-refractivity contribution is 7.90. The summed E-state index contributed by atoms with van der Waals surface area (Å²) in [5.74, 6) is -0.740. The van der Waals surface area contributed by atoms with Gasteiger partial charge in [0.15, 0.2) is 20.7 Å². The van der Waals surface area contributed by atoms with E-state index < -0.39 is 15.7 Å². The van der Waals surface area contributed by atoms with Crippen LogP contribution in [0, 0.1) is 0 Å². The van der Waals surface area contributed by atoms with Crippen LogP contribution in [0.4, 0.5) is 5.13 Å². The third kappa shape index (κ3) is 4.99. The Labute approximate surface area is 192 Å². The molecule has 4 rings (SSSR count). The highest BCUT2D eigenvalue weighted by Gasteiger charge is 2.20. The van der Waals surface area contributed by atoms with E-state index in [-0.39, 0.29) is 22.2 Å². The van der Waals surface area contributed by atoms with Gasteiger partial charge in [-0.25, -0.2) is 13.4 Å². The van der Waals surface area contributed by atoms with Crippen LogP contribution in [0.15, 0.2) is 75.4 Å². The molecule has 0 saturated carbocycles. The SMILES string of the molecule is O=C(Nc1nc(-c2cc(Cl)ccc2Cl)cs1)c1ccc(CS(=O)(=O)c2ccccc2)o1. The lowest BCUT2D eigenvalue weighted by Gasteiger charge is -2.02. The third-order valence-electron chi connectivity index (χ3n) is 4.25. The minimum Gasteiger partial charge on any atom is -0.455 e. The lowest BCUT2D eigenvalue weighted by Crippen LogP contribution is -2.10. The van der Waals surface area contributed by atoms with Crippen molar-refractivity contribution in [2.24, 2.45) is 0 Å². The van der Waals surface area contributed by atoms with Gasteiger partial charge in [-0.05, 0) is 42.5 Å². The summed E-state index contributed by atoms with van der Waals surface area (Å²) in [5, 5.41) is 5.73. The number of halogens is 2. The monoisotopic (exact) mass is 492 g/mol. The van der Waals surface area contributed by atoms with E-state index in [1.54, 1.807) is 41.8 Å². The fourth-order valence-electron chi connectivity index (χ4n) is 2.78. The van der Waals surface area contributed by atoms with Crippen LogP contribution in [0.25, 0.3) is 11.3 Å². The first-order valence-corrected chi connectivity index (χ1v) is 12.2. The number of sulfone groups is 1. The van der Waals surface area contributed by atoms with Crippen LogP contribution in [0.5, 0.6) is 0 Å². The smallest absolute Gasteiger partial charge is 0.293 e. The minimum atomic E-state index is -3.58. The van der Waals surface area contributed by atoms with E-state index in [2.05, 4.69) is 10.3 Å². The lowest BCUT2D eigenvalue weighted by atomic mass is 10.2. The Kier molecular flexibility index (Phi) is 6.15. The van der Waals surface area contributed by atoms with Crippen LogP contribution in [0.1, 0.15) is 16.3 Å². The van der Waals surface area contributed by atoms with Crippen molar-refractivity contribution in [1.29, 1.82) is 0 Å². The zero-order valence-electron chi connectivity index (χ0n) is 15.7. The van der Waals surface area contributed by atoms with Crippen molar-refractivity contribution in [2.45, 2.75) is 10.6 Å². The maximum absolute atomic E-state index is 12.5. The molecule has 0 bridgehead atoms. The van der Waals surface area contributed by atoms with Crippen LogP contribution in [0.2, 0.25) is 10.0 Å². The highest BCUT2D eigenvalue weighted by atomic mass is 35.5. The Morgan fingerprint density at radius 1 is 1.06 bits per heavy atom. The Morgan fingerprint density at radius 2 is 1.84 bits per heavy atom. The van der Waals surface area contributed by atoms with E-state index in [1.807, 2.05) is 0 Å². The summed E-state index contributed by atoms with van der Waals surface area (Å²) in [4.78, 5) is 17.0. The van der Waals surface area contributed by atoms with Crippen molar-refractivity contribution >= 4 is 55.4 Å². The van der Waals surface area contributed by atoms with Crippen LogP contribution < -0.4 is 5.32 Å². The fraction of sp³-hybridized carbons (Fsp3) is 0.0476. The third-order valence-corrected chi connectivity index (χ3v) is 7.23. The summed E-state index contributed by atoms with van der Waals surface area (Å²) in [6.45, 7) is 0. The molecule has 10 heteroatoms. The molecule has 1 amide bonds. The number of benzene rings is 2. The number of rotatable bonds is 6. The van der Waals surface area contributed by atoms with Gasteiger partial charge in [-0.1, -0.05) is 41.4 Å². The topological polar surface area (TPSA) is 89.3 Å². The summed E-state index contributed by atoms with van der Waals surface area (Å²) in [6.07, 6.45) is 0. The number of carbonyl (C=O) groups excluding carboxylic acids is 1. The molecular formula is C21H14Cl2N2O4S2. The number of hydrogen-bond acceptors (Lipinski definition) is 6. The number of furan rings is 1. The number of hydrogen-bond donors (Lipinski definition) is 1. The van der Waals surface area contributed by atoms with E-state index in [1.165, 1.54) is 35.6 Å². The number of anilines is 1. The van der Waals surface area contributed by atoms with Gasteiger partial charge in [-0.2, -0.15) is 0 Å². The lowest BCUT2D eigenvalue weighted by molar-refractivity contribution is 0.0995. The van der Waals surface area contributed by atoms with Gasteiger partial charge in [-0.3, -0.25) is 10.1 Å². The van der Waals surface area contributed by atoms with Crippen molar-refractivity contribution < 1.29 is 17.6 Å². The van der Waals surface area contributed by atoms with Gasteiger partial charge in [0.1, 0.15) is 11.5 Å². The predicted molar refractivity (Wildman–Crippen MR) is 122 cm³/mol. The first-order valence-electron chi connectivity index (χ1n) is 8.91. The molecule has 0 radical (unpaired) electrons. The molecule has 0 saturated heterocycles. The molecule has 2 aromatic heterocycles. The van der Waals surface area contributed by atoms with Gasteiger partial charge in [0.25, 0.3) is 5.91 Å². The van der Waals surface area contributed by atoms with Crippen molar-refractivity contribution in [2.75, 3.05) is 5.32 Å². The van der Waals surface area contributed by atoms with Gasteiger partial charge < -0.3 is 4.42 Å². The van der Waals surface area contributed by atoms with Crippen LogP contribution in [-0.4, -0.2) is 19.3 Å². The number of nitrogens with zero attached hydrogens (tertiary/aromatic N) is 1. The van der Waals surface area contributed by atoms with E-state index in [0.29, 0.717) is 26.4 Å². The summed E-state index contributed by atoms with van der Waals surface area (Å²) >= 11 is 13.4. The number of aromatic nitrogens is 1. The summed E-state index contributed by atoms with van der Waals surface area (Å²) in [7, 11) is -3.58. The Morgan fingerprint density at radius 3 is 2.61 bits per heavy atom. The van der Waals surface area contributed by atoms with E-state index in [9.17, 15) is 13.2 Å². The van der Waals surface area contributed by atoms with Crippen LogP contribution >= 0.6 is 34.5 Å². The molecule has 0 unspecified atom stereocenters. The average Bonchev–Trinajstić information content (AvgIpc) is 3.40. The molecular weight excluding hydrogens is 479 g/mol. The summed E-state index contributed by atoms with van der Waals surface area (Å²) < 4.78 is 30.4. The molecule has 0 spiro atoms. The second-order valence-corrected chi connectivity index (χ2v) is 10.1. The molecule has 0 aliphatic heterocycles. The number of thiazole rings is 1. The number of amides is 1. The number of nitrogens with one attached hydrogen (secondary N) is 1. The molecule has 2 aromatic carbocycles. The largest absolute Gasteiger partial charge is 0.455 e. The van der Waals surface area contributed by atoms with E-state index in [4.69, 9.17) is 27.6 Å². The van der Waals surface area contributed by atoms with Gasteiger partial charge in [0.05, 0.1) is 15.6 Å². The molecule has 0 atom stereocenters. The quantitative estimate of drug-likeness (QED) is 0.359. The first kappa shape index (κ1) is 21.6. The molecule has 0 aliphatic carbocycles. The van der Waals surface area contributed by atoms with Crippen molar-refractivity contribution in [3.05, 3.63) is 87.6 Å². The van der Waals surface area contributed by atoms with Gasteiger partial charge >= 0.3 is 0 Å². The molecule has 1 N–H and O–H groups in total. The minimum absolute atomic E-state index is 0.0178. The number of carbonyl (C=O) groups is 1. The van der Waals surface area contributed by atoms with Crippen molar-refractivity contribution in [3.8, 4) is 11.3 Å².